The summed E-state index contributed by atoms with van der Waals surface area (Å²) >= 11 is 0. The first-order chi connectivity index (χ1) is 11.4. The van der Waals surface area contributed by atoms with Crippen LogP contribution in [0.2, 0.25) is 0 Å². The summed E-state index contributed by atoms with van der Waals surface area (Å²) in [5.74, 6) is 1.07. The predicted molar refractivity (Wildman–Crippen MR) is 104 cm³/mol. The van der Waals surface area contributed by atoms with E-state index < -0.39 is 0 Å². The fraction of sp³-hybridized carbons (Fsp3) is 0.789. The minimum absolute atomic E-state index is 0. The van der Waals surface area contributed by atoms with E-state index in [2.05, 4.69) is 38.1 Å². The molecule has 0 bridgehead atoms. The normalized spacial score (nSPS) is 19.0. The number of aromatic nitrogens is 2. The maximum absolute atomic E-state index is 13.0. The van der Waals surface area contributed by atoms with Crippen LogP contribution in [0.15, 0.2) is 6.20 Å². The van der Waals surface area contributed by atoms with E-state index in [1.54, 1.807) is 6.20 Å². The number of nitrogens with zero attached hydrogens (tertiary/aromatic N) is 3. The van der Waals surface area contributed by atoms with E-state index in [4.69, 9.17) is 0 Å². The second-order valence-electron chi connectivity index (χ2n) is 8.36. The number of rotatable bonds is 5. The Balaban J connectivity index is 0.00000225. The van der Waals surface area contributed by atoms with Gasteiger partial charge < -0.3 is 10.2 Å². The van der Waals surface area contributed by atoms with Gasteiger partial charge in [0.2, 0.25) is 0 Å². The number of nitrogens with one attached hydrogen (secondary N) is 1. The third kappa shape index (κ3) is 4.76. The molecule has 1 saturated heterocycles. The van der Waals surface area contributed by atoms with Crippen LogP contribution in [-0.2, 0) is 12.0 Å². The summed E-state index contributed by atoms with van der Waals surface area (Å²) in [6.07, 6.45) is 7.51. The Hall–Kier alpha value is -1.07. The SMILES string of the molecule is CCc1c(C(=O)N2CCC(NCC3CC3)CC2)cnn1C(C)(C)C.Cl. The van der Waals surface area contributed by atoms with Crippen molar-refractivity contribution in [3.05, 3.63) is 17.5 Å². The van der Waals surface area contributed by atoms with Crippen molar-refractivity contribution in [1.82, 2.24) is 20.0 Å². The van der Waals surface area contributed by atoms with Gasteiger partial charge in [0.15, 0.2) is 0 Å². The number of likely N-dealkylation sites (tertiary alicyclic amines) is 1. The average Bonchev–Trinajstić information content (AvgIpc) is 3.27. The number of amides is 1. The van der Waals surface area contributed by atoms with Crippen molar-refractivity contribution in [1.29, 1.82) is 0 Å². The lowest BCUT2D eigenvalue weighted by Gasteiger charge is -2.32. The predicted octanol–water partition coefficient (Wildman–Crippen LogP) is 3.23. The topological polar surface area (TPSA) is 50.2 Å². The van der Waals surface area contributed by atoms with Gasteiger partial charge in [0.25, 0.3) is 5.91 Å². The molecule has 1 saturated carbocycles. The lowest BCUT2D eigenvalue weighted by molar-refractivity contribution is 0.0703. The highest BCUT2D eigenvalue weighted by molar-refractivity contribution is 5.95. The Labute approximate surface area is 157 Å². The molecule has 1 aromatic heterocycles. The van der Waals surface area contributed by atoms with Gasteiger partial charge in [-0.05, 0) is 65.3 Å². The first kappa shape index (κ1) is 20.2. The lowest BCUT2D eigenvalue weighted by Crippen LogP contribution is -2.45. The highest BCUT2D eigenvalue weighted by atomic mass is 35.5. The van der Waals surface area contributed by atoms with E-state index in [1.807, 2.05) is 9.58 Å². The van der Waals surface area contributed by atoms with Gasteiger partial charge in [-0.3, -0.25) is 9.48 Å². The zero-order chi connectivity index (χ0) is 17.3. The van der Waals surface area contributed by atoms with Crippen LogP contribution in [0.1, 0.15) is 69.4 Å². The molecule has 1 aliphatic heterocycles. The second-order valence-corrected chi connectivity index (χ2v) is 8.36. The molecule has 0 aromatic carbocycles. The van der Waals surface area contributed by atoms with Crippen molar-refractivity contribution in [2.24, 2.45) is 5.92 Å². The van der Waals surface area contributed by atoms with Crippen LogP contribution in [0.5, 0.6) is 0 Å². The van der Waals surface area contributed by atoms with Crippen LogP contribution in [0.4, 0.5) is 0 Å². The molecule has 1 N–H and O–H groups in total. The number of piperidine rings is 1. The molecule has 5 nitrogen and oxygen atoms in total. The molecular formula is C19H33ClN4O. The molecule has 2 fully saturated rings. The van der Waals surface area contributed by atoms with Gasteiger partial charge >= 0.3 is 0 Å². The molecule has 3 rings (SSSR count). The monoisotopic (exact) mass is 368 g/mol. The maximum Gasteiger partial charge on any atom is 0.257 e. The molecule has 1 amide bonds. The third-order valence-electron chi connectivity index (χ3n) is 5.24. The van der Waals surface area contributed by atoms with E-state index in [9.17, 15) is 4.79 Å². The van der Waals surface area contributed by atoms with Crippen LogP contribution in [0.25, 0.3) is 0 Å². The van der Waals surface area contributed by atoms with Gasteiger partial charge in [-0.2, -0.15) is 5.10 Å². The molecule has 142 valence electrons. The van der Waals surface area contributed by atoms with Crippen LogP contribution in [0.3, 0.4) is 0 Å². The lowest BCUT2D eigenvalue weighted by atomic mass is 10.0. The molecular weight excluding hydrogens is 336 g/mol. The Morgan fingerprint density at radius 3 is 2.40 bits per heavy atom. The number of carbonyl (C=O) groups is 1. The van der Waals surface area contributed by atoms with Crippen molar-refractivity contribution < 1.29 is 4.79 Å². The zero-order valence-corrected chi connectivity index (χ0v) is 16.9. The van der Waals surface area contributed by atoms with Gasteiger partial charge in [-0.1, -0.05) is 6.92 Å². The van der Waals surface area contributed by atoms with E-state index in [1.165, 1.54) is 12.8 Å². The largest absolute Gasteiger partial charge is 0.338 e. The standard InChI is InChI=1S/C19H32N4O.ClH/c1-5-17-16(13-21-23(17)19(2,3)4)18(24)22-10-8-15(9-11-22)20-12-14-6-7-14;/h13-15,20H,5-12H2,1-4H3;1H. The van der Waals surface area contributed by atoms with Gasteiger partial charge in [0.05, 0.1) is 23.0 Å². The van der Waals surface area contributed by atoms with Crippen LogP contribution in [0, 0.1) is 5.92 Å². The fourth-order valence-corrected chi connectivity index (χ4v) is 3.58. The average molecular weight is 369 g/mol. The van der Waals surface area contributed by atoms with E-state index in [-0.39, 0.29) is 23.9 Å². The van der Waals surface area contributed by atoms with Gasteiger partial charge in [-0.15, -0.1) is 12.4 Å². The number of halogens is 1. The maximum atomic E-state index is 13.0. The van der Waals surface area contributed by atoms with Crippen molar-refractivity contribution in [3.63, 3.8) is 0 Å². The van der Waals surface area contributed by atoms with Crippen LogP contribution in [-0.4, -0.2) is 46.3 Å². The summed E-state index contributed by atoms with van der Waals surface area (Å²) in [6, 6.07) is 0.581. The van der Waals surface area contributed by atoms with E-state index in [0.717, 1.165) is 56.1 Å². The molecule has 1 aliphatic carbocycles. The molecule has 0 radical (unpaired) electrons. The molecule has 6 heteroatoms. The first-order valence-corrected chi connectivity index (χ1v) is 9.50. The summed E-state index contributed by atoms with van der Waals surface area (Å²) in [7, 11) is 0. The molecule has 0 atom stereocenters. The number of carbonyl (C=O) groups excluding carboxylic acids is 1. The van der Waals surface area contributed by atoms with E-state index >= 15 is 0 Å². The molecule has 1 aromatic rings. The summed E-state index contributed by atoms with van der Waals surface area (Å²) in [4.78, 5) is 15.0. The van der Waals surface area contributed by atoms with Crippen LogP contribution >= 0.6 is 12.4 Å². The molecule has 2 aliphatic rings. The Morgan fingerprint density at radius 1 is 1.24 bits per heavy atom. The zero-order valence-electron chi connectivity index (χ0n) is 16.0. The fourth-order valence-electron chi connectivity index (χ4n) is 3.58. The second kappa shape index (κ2) is 8.09. The minimum Gasteiger partial charge on any atom is -0.338 e. The van der Waals surface area contributed by atoms with Gasteiger partial charge in [-0.25, -0.2) is 0 Å². The highest BCUT2D eigenvalue weighted by Crippen LogP contribution is 2.28. The Morgan fingerprint density at radius 2 is 1.88 bits per heavy atom. The number of hydrogen-bond acceptors (Lipinski definition) is 3. The summed E-state index contributed by atoms with van der Waals surface area (Å²) in [5.41, 5.74) is 1.75. The molecule has 0 unspecified atom stereocenters. The Kier molecular flexibility index (Phi) is 6.55. The minimum atomic E-state index is -0.0937. The van der Waals surface area contributed by atoms with Crippen LogP contribution < -0.4 is 5.32 Å². The van der Waals surface area contributed by atoms with Crippen molar-refractivity contribution >= 4 is 18.3 Å². The summed E-state index contributed by atoms with van der Waals surface area (Å²) < 4.78 is 2.00. The number of hydrogen-bond donors (Lipinski definition) is 1. The first-order valence-electron chi connectivity index (χ1n) is 9.50. The van der Waals surface area contributed by atoms with E-state index in [0.29, 0.717) is 6.04 Å². The summed E-state index contributed by atoms with van der Waals surface area (Å²) in [5, 5.41) is 8.18. The summed E-state index contributed by atoms with van der Waals surface area (Å²) in [6.45, 7) is 11.4. The molecule has 25 heavy (non-hydrogen) atoms. The third-order valence-corrected chi connectivity index (χ3v) is 5.24. The van der Waals surface area contributed by atoms with Gasteiger partial charge in [0, 0.05) is 19.1 Å². The van der Waals surface area contributed by atoms with Crippen molar-refractivity contribution in [2.75, 3.05) is 19.6 Å². The Bertz CT molecular complexity index is 581. The molecule has 2 heterocycles. The van der Waals surface area contributed by atoms with Crippen molar-refractivity contribution in [2.45, 2.75) is 71.4 Å². The van der Waals surface area contributed by atoms with Gasteiger partial charge in [0.1, 0.15) is 0 Å². The molecule has 0 spiro atoms. The van der Waals surface area contributed by atoms with Crippen molar-refractivity contribution in [3.8, 4) is 0 Å². The highest BCUT2D eigenvalue weighted by Gasteiger charge is 2.29. The quantitative estimate of drug-likeness (QED) is 0.868. The smallest absolute Gasteiger partial charge is 0.257 e.